The molecule has 2 atom stereocenters. The summed E-state index contributed by atoms with van der Waals surface area (Å²) in [5, 5.41) is 4.70. The maximum Gasteiger partial charge on any atom is 0.264 e. The Bertz CT molecular complexity index is 1230. The first-order valence-corrected chi connectivity index (χ1v) is 10.4. The van der Waals surface area contributed by atoms with Crippen molar-refractivity contribution in [1.82, 2.24) is 24.7 Å². The molecular weight excluding hydrogens is 400 g/mol. The van der Waals surface area contributed by atoms with E-state index in [1.165, 1.54) is 6.07 Å². The molecular formula is C23H23F2N5O. The summed E-state index contributed by atoms with van der Waals surface area (Å²) in [6.45, 7) is 1.90. The molecule has 2 heterocycles. The molecule has 1 saturated carbocycles. The first-order valence-electron chi connectivity index (χ1n) is 10.4. The van der Waals surface area contributed by atoms with Gasteiger partial charge in [-0.2, -0.15) is 0 Å². The zero-order valence-corrected chi connectivity index (χ0v) is 17.3. The Morgan fingerprint density at radius 1 is 1.13 bits per heavy atom. The van der Waals surface area contributed by atoms with Crippen LogP contribution < -0.4 is 0 Å². The van der Waals surface area contributed by atoms with Gasteiger partial charge >= 0.3 is 0 Å². The van der Waals surface area contributed by atoms with Gasteiger partial charge in [-0.25, -0.2) is 23.4 Å². The van der Waals surface area contributed by atoms with Gasteiger partial charge in [0.25, 0.3) is 6.43 Å². The van der Waals surface area contributed by atoms with Crippen LogP contribution in [0.4, 0.5) is 8.78 Å². The van der Waals surface area contributed by atoms with E-state index in [1.807, 2.05) is 25.1 Å². The standard InChI is InChI=1S/C23H23F2N5O/c1-13-26-18-11-10-14(12-19(18)27-13)30-23(17-8-5-9-20(17)31-2)28-22(29-30)16-7-4-3-6-15(16)21(24)25/h3-4,6-7,10-12,17,20-21H,5,8-9H2,1-2H3,(H,26,27). The van der Waals surface area contributed by atoms with Crippen molar-refractivity contribution >= 4 is 11.0 Å². The summed E-state index contributed by atoms with van der Waals surface area (Å²) in [7, 11) is 1.70. The summed E-state index contributed by atoms with van der Waals surface area (Å²) in [5.41, 5.74) is 2.84. The summed E-state index contributed by atoms with van der Waals surface area (Å²) < 4.78 is 34.8. The van der Waals surface area contributed by atoms with E-state index < -0.39 is 6.43 Å². The molecule has 4 aromatic rings. The summed E-state index contributed by atoms with van der Waals surface area (Å²) in [6, 6.07) is 12.2. The van der Waals surface area contributed by atoms with Crippen LogP contribution in [0.15, 0.2) is 42.5 Å². The van der Waals surface area contributed by atoms with Crippen LogP contribution in [0.1, 0.15) is 48.8 Å². The molecule has 5 rings (SSSR count). The number of nitrogens with zero attached hydrogens (tertiary/aromatic N) is 4. The van der Waals surface area contributed by atoms with Crippen LogP contribution in [0.3, 0.4) is 0 Å². The third-order valence-corrected chi connectivity index (χ3v) is 5.98. The van der Waals surface area contributed by atoms with Crippen molar-refractivity contribution in [2.75, 3.05) is 7.11 Å². The Balaban J connectivity index is 1.69. The minimum absolute atomic E-state index is 0.0271. The molecule has 1 N–H and O–H groups in total. The number of ether oxygens (including phenoxy) is 1. The zero-order valence-electron chi connectivity index (χ0n) is 17.3. The number of rotatable bonds is 5. The Morgan fingerprint density at radius 2 is 1.97 bits per heavy atom. The van der Waals surface area contributed by atoms with E-state index in [0.29, 0.717) is 11.4 Å². The van der Waals surface area contributed by atoms with Gasteiger partial charge in [0.05, 0.1) is 22.8 Å². The van der Waals surface area contributed by atoms with Gasteiger partial charge in [0.2, 0.25) is 0 Å². The molecule has 2 unspecified atom stereocenters. The van der Waals surface area contributed by atoms with Crippen LogP contribution in [0, 0.1) is 6.92 Å². The number of aryl methyl sites for hydroxylation is 1. The van der Waals surface area contributed by atoms with Crippen molar-refractivity contribution in [1.29, 1.82) is 0 Å². The van der Waals surface area contributed by atoms with Crippen LogP contribution >= 0.6 is 0 Å². The van der Waals surface area contributed by atoms with Crippen LogP contribution in [0.2, 0.25) is 0 Å². The molecule has 1 aliphatic carbocycles. The lowest BCUT2D eigenvalue weighted by atomic mass is 10.0. The minimum atomic E-state index is -2.60. The summed E-state index contributed by atoms with van der Waals surface area (Å²) in [5.74, 6) is 1.91. The van der Waals surface area contributed by atoms with Crippen LogP contribution in [-0.2, 0) is 4.74 Å². The molecule has 2 aromatic heterocycles. The fourth-order valence-corrected chi connectivity index (χ4v) is 4.52. The first-order chi connectivity index (χ1) is 15.0. The van der Waals surface area contributed by atoms with E-state index in [2.05, 4.69) is 9.97 Å². The summed E-state index contributed by atoms with van der Waals surface area (Å²) >= 11 is 0. The molecule has 1 fully saturated rings. The van der Waals surface area contributed by atoms with Crippen LogP contribution in [-0.4, -0.2) is 37.9 Å². The van der Waals surface area contributed by atoms with E-state index in [1.54, 1.807) is 30.0 Å². The molecule has 0 bridgehead atoms. The van der Waals surface area contributed by atoms with E-state index >= 15 is 0 Å². The molecule has 2 aromatic carbocycles. The molecule has 31 heavy (non-hydrogen) atoms. The Labute approximate surface area is 178 Å². The van der Waals surface area contributed by atoms with E-state index in [4.69, 9.17) is 14.8 Å². The number of fused-ring (bicyclic) bond motifs is 1. The van der Waals surface area contributed by atoms with Gasteiger partial charge in [-0.05, 0) is 38.0 Å². The van der Waals surface area contributed by atoms with Gasteiger partial charge in [0.1, 0.15) is 11.6 Å². The second-order valence-electron chi connectivity index (χ2n) is 7.93. The third-order valence-electron chi connectivity index (χ3n) is 5.98. The molecule has 0 saturated heterocycles. The fourth-order valence-electron chi connectivity index (χ4n) is 4.52. The molecule has 1 aliphatic rings. The normalized spacial score (nSPS) is 19.0. The molecule has 0 aliphatic heterocycles. The van der Waals surface area contributed by atoms with Crippen LogP contribution in [0.25, 0.3) is 28.1 Å². The quantitative estimate of drug-likeness (QED) is 0.471. The average Bonchev–Trinajstić information content (AvgIpc) is 3.49. The second-order valence-corrected chi connectivity index (χ2v) is 7.93. The third kappa shape index (κ3) is 3.50. The van der Waals surface area contributed by atoms with Gasteiger partial charge < -0.3 is 9.72 Å². The van der Waals surface area contributed by atoms with Crippen molar-refractivity contribution in [2.45, 2.75) is 44.6 Å². The lowest BCUT2D eigenvalue weighted by Crippen LogP contribution is -2.18. The molecule has 0 amide bonds. The second kappa shape index (κ2) is 7.85. The number of H-pyrrole nitrogens is 1. The Morgan fingerprint density at radius 3 is 2.77 bits per heavy atom. The monoisotopic (exact) mass is 423 g/mol. The highest BCUT2D eigenvalue weighted by molar-refractivity contribution is 5.77. The first kappa shape index (κ1) is 19.8. The number of nitrogens with one attached hydrogen (secondary N) is 1. The molecule has 8 heteroatoms. The number of aromatic nitrogens is 5. The highest BCUT2D eigenvalue weighted by atomic mass is 19.3. The van der Waals surface area contributed by atoms with Gasteiger partial charge in [-0.15, -0.1) is 5.10 Å². The largest absolute Gasteiger partial charge is 0.381 e. The Kier molecular flexibility index (Phi) is 5.02. The van der Waals surface area contributed by atoms with Gasteiger partial charge in [-0.3, -0.25) is 0 Å². The van der Waals surface area contributed by atoms with Crippen molar-refractivity contribution in [2.24, 2.45) is 0 Å². The number of imidazole rings is 1. The van der Waals surface area contributed by atoms with E-state index in [9.17, 15) is 8.78 Å². The number of hydrogen-bond acceptors (Lipinski definition) is 4. The molecule has 6 nitrogen and oxygen atoms in total. The minimum Gasteiger partial charge on any atom is -0.381 e. The fraction of sp³-hybridized carbons (Fsp3) is 0.348. The van der Waals surface area contributed by atoms with E-state index in [-0.39, 0.29) is 17.6 Å². The lowest BCUT2D eigenvalue weighted by molar-refractivity contribution is 0.0918. The van der Waals surface area contributed by atoms with Gasteiger partial charge in [-0.1, -0.05) is 30.7 Å². The maximum absolute atomic E-state index is 13.6. The van der Waals surface area contributed by atoms with Crippen LogP contribution in [0.5, 0.6) is 0 Å². The van der Waals surface area contributed by atoms with Gasteiger partial charge in [0, 0.05) is 24.2 Å². The molecule has 0 radical (unpaired) electrons. The zero-order chi connectivity index (χ0) is 21.5. The highest BCUT2D eigenvalue weighted by Gasteiger charge is 2.34. The number of methoxy groups -OCH3 is 1. The predicted octanol–water partition coefficient (Wildman–Crippen LogP) is 5.34. The molecule has 160 valence electrons. The van der Waals surface area contributed by atoms with E-state index in [0.717, 1.165) is 47.6 Å². The highest BCUT2D eigenvalue weighted by Crippen LogP contribution is 2.38. The number of benzene rings is 2. The summed E-state index contributed by atoms with van der Waals surface area (Å²) in [4.78, 5) is 12.5. The number of hydrogen-bond donors (Lipinski definition) is 1. The smallest absolute Gasteiger partial charge is 0.264 e. The molecule has 0 spiro atoms. The van der Waals surface area contributed by atoms with Crippen molar-refractivity contribution < 1.29 is 13.5 Å². The van der Waals surface area contributed by atoms with Crippen molar-refractivity contribution in [3.8, 4) is 17.1 Å². The Hall–Kier alpha value is -3.13. The van der Waals surface area contributed by atoms with Crippen molar-refractivity contribution in [3.63, 3.8) is 0 Å². The lowest BCUT2D eigenvalue weighted by Gasteiger charge is -2.18. The summed E-state index contributed by atoms with van der Waals surface area (Å²) in [6.07, 6.45) is 0.305. The number of alkyl halides is 2. The SMILES string of the molecule is COC1CCCC1c1nc(-c2ccccc2C(F)F)nn1-c1ccc2nc(C)[nH]c2c1. The number of aromatic amines is 1. The number of halogens is 2. The van der Waals surface area contributed by atoms with Gasteiger partial charge in [0.15, 0.2) is 5.82 Å². The maximum atomic E-state index is 13.6. The topological polar surface area (TPSA) is 68.6 Å². The average molecular weight is 423 g/mol. The van der Waals surface area contributed by atoms with Crippen molar-refractivity contribution in [3.05, 3.63) is 59.7 Å². The predicted molar refractivity (Wildman–Crippen MR) is 114 cm³/mol.